The summed E-state index contributed by atoms with van der Waals surface area (Å²) in [5, 5.41) is 2.07. The van der Waals surface area contributed by atoms with Crippen molar-refractivity contribution in [3.05, 3.63) is 65.2 Å². The molecule has 0 radical (unpaired) electrons. The Hall–Kier alpha value is -2.32. The van der Waals surface area contributed by atoms with Crippen LogP contribution < -0.4 is 5.32 Å². The zero-order valence-corrected chi connectivity index (χ0v) is 14.3. The molecule has 0 aliphatic carbocycles. The van der Waals surface area contributed by atoms with E-state index in [4.69, 9.17) is 4.74 Å². The third-order valence-corrected chi connectivity index (χ3v) is 4.80. The fourth-order valence-corrected chi connectivity index (χ4v) is 3.59. The molecule has 0 spiro atoms. The number of rotatable bonds is 7. The van der Waals surface area contributed by atoms with Crippen molar-refractivity contribution in [2.45, 2.75) is 12.4 Å². The molecule has 0 aliphatic rings. The van der Waals surface area contributed by atoms with E-state index in [1.54, 1.807) is 24.3 Å². The Morgan fingerprint density at radius 2 is 1.80 bits per heavy atom. The van der Waals surface area contributed by atoms with Crippen LogP contribution in [0.3, 0.4) is 0 Å². The van der Waals surface area contributed by atoms with Crippen LogP contribution in [0.15, 0.2) is 42.5 Å². The Kier molecular flexibility index (Phi) is 6.22. The first kappa shape index (κ1) is 19.0. The molecule has 0 heterocycles. The van der Waals surface area contributed by atoms with E-state index in [9.17, 15) is 22.0 Å². The van der Waals surface area contributed by atoms with Crippen molar-refractivity contribution in [1.29, 1.82) is 0 Å². The van der Waals surface area contributed by atoms with E-state index < -0.39 is 38.8 Å². The van der Waals surface area contributed by atoms with E-state index in [0.29, 0.717) is 11.1 Å². The van der Waals surface area contributed by atoms with Gasteiger partial charge in [-0.15, -0.1) is 0 Å². The van der Waals surface area contributed by atoms with Gasteiger partial charge >= 0.3 is 0 Å². The predicted molar refractivity (Wildman–Crippen MR) is 89.6 cm³/mol. The Bertz CT molecular complexity index is 869. The number of nitrogens with one attached hydrogen (secondary N) is 1. The van der Waals surface area contributed by atoms with Gasteiger partial charge in [-0.05, 0) is 23.3 Å². The number of carbonyl (C=O) groups is 1. The van der Waals surface area contributed by atoms with Gasteiger partial charge in [-0.3, -0.25) is 4.79 Å². The second kappa shape index (κ2) is 8.17. The molecule has 0 fully saturated rings. The number of anilines is 1. The maximum Gasteiger partial charge on any atom is 0.239 e. The maximum atomic E-state index is 13.5. The molecule has 8 heteroatoms. The van der Waals surface area contributed by atoms with Gasteiger partial charge in [-0.25, -0.2) is 17.2 Å². The number of sulfone groups is 1. The van der Waals surface area contributed by atoms with Crippen molar-refractivity contribution >= 4 is 21.4 Å². The van der Waals surface area contributed by atoms with E-state index in [1.807, 2.05) is 0 Å². The molecule has 1 N–H and O–H groups in total. The van der Waals surface area contributed by atoms with Crippen molar-refractivity contribution in [3.63, 3.8) is 0 Å². The normalized spacial score (nSPS) is 11.3. The van der Waals surface area contributed by atoms with Crippen molar-refractivity contribution in [2.24, 2.45) is 0 Å². The SMILES string of the molecule is COCc1ccccc1CS(=O)(=O)CC(=O)Nc1cc(F)ccc1F. The highest BCUT2D eigenvalue weighted by Gasteiger charge is 2.20. The summed E-state index contributed by atoms with van der Waals surface area (Å²) in [4.78, 5) is 11.9. The summed E-state index contributed by atoms with van der Waals surface area (Å²) in [7, 11) is -2.31. The molecule has 1 amide bonds. The lowest BCUT2D eigenvalue weighted by molar-refractivity contribution is -0.113. The fraction of sp³-hybridized carbons (Fsp3) is 0.235. The fourth-order valence-electron chi connectivity index (χ4n) is 2.26. The maximum absolute atomic E-state index is 13.5. The minimum absolute atomic E-state index is 0.242. The van der Waals surface area contributed by atoms with Gasteiger partial charge in [0.2, 0.25) is 5.91 Å². The molecule has 0 saturated carbocycles. The van der Waals surface area contributed by atoms with Crippen molar-refractivity contribution in [2.75, 3.05) is 18.2 Å². The van der Waals surface area contributed by atoms with Gasteiger partial charge in [0.15, 0.2) is 9.84 Å². The largest absolute Gasteiger partial charge is 0.380 e. The third kappa shape index (κ3) is 5.61. The van der Waals surface area contributed by atoms with E-state index in [0.717, 1.165) is 18.2 Å². The van der Waals surface area contributed by atoms with Crippen LogP contribution in [0.1, 0.15) is 11.1 Å². The number of carbonyl (C=O) groups excluding carboxylic acids is 1. The van der Waals surface area contributed by atoms with Gasteiger partial charge in [0, 0.05) is 13.2 Å². The van der Waals surface area contributed by atoms with Crippen LogP contribution in [0.2, 0.25) is 0 Å². The average molecular weight is 369 g/mol. The summed E-state index contributed by atoms with van der Waals surface area (Å²) in [6.45, 7) is 0.242. The lowest BCUT2D eigenvalue weighted by atomic mass is 10.1. The summed E-state index contributed by atoms with van der Waals surface area (Å²) >= 11 is 0. The first-order chi connectivity index (χ1) is 11.8. The average Bonchev–Trinajstić information content (AvgIpc) is 2.52. The Morgan fingerprint density at radius 1 is 1.12 bits per heavy atom. The van der Waals surface area contributed by atoms with Crippen LogP contribution in [0.4, 0.5) is 14.5 Å². The lowest BCUT2D eigenvalue weighted by Gasteiger charge is -2.10. The zero-order valence-electron chi connectivity index (χ0n) is 13.5. The minimum Gasteiger partial charge on any atom is -0.380 e. The molecule has 0 atom stereocenters. The third-order valence-electron chi connectivity index (χ3n) is 3.35. The van der Waals surface area contributed by atoms with Crippen LogP contribution in [-0.2, 0) is 31.7 Å². The van der Waals surface area contributed by atoms with Crippen molar-refractivity contribution < 1.29 is 26.7 Å². The van der Waals surface area contributed by atoms with Crippen LogP contribution in [0.25, 0.3) is 0 Å². The number of amides is 1. The number of benzene rings is 2. The summed E-state index contributed by atoms with van der Waals surface area (Å²) in [6.07, 6.45) is 0. The van der Waals surface area contributed by atoms with Crippen molar-refractivity contribution in [3.8, 4) is 0 Å². The Balaban J connectivity index is 2.08. The van der Waals surface area contributed by atoms with E-state index in [1.165, 1.54) is 7.11 Å². The number of hydrogen-bond donors (Lipinski definition) is 1. The van der Waals surface area contributed by atoms with Gasteiger partial charge in [0.1, 0.15) is 17.4 Å². The number of halogens is 2. The molecule has 0 aromatic heterocycles. The smallest absolute Gasteiger partial charge is 0.239 e. The topological polar surface area (TPSA) is 72.5 Å². The van der Waals surface area contributed by atoms with Crippen LogP contribution in [0, 0.1) is 11.6 Å². The summed E-state index contributed by atoms with van der Waals surface area (Å²) < 4.78 is 56.1. The minimum atomic E-state index is -3.80. The van der Waals surface area contributed by atoms with Crippen LogP contribution in [0.5, 0.6) is 0 Å². The van der Waals surface area contributed by atoms with E-state index >= 15 is 0 Å². The Labute approximate surface area is 144 Å². The van der Waals surface area contributed by atoms with Gasteiger partial charge in [0.05, 0.1) is 18.0 Å². The molecule has 0 aliphatic heterocycles. The van der Waals surface area contributed by atoms with Crippen LogP contribution in [-0.4, -0.2) is 27.2 Å². The molecule has 2 aromatic rings. The van der Waals surface area contributed by atoms with E-state index in [2.05, 4.69) is 5.32 Å². The molecule has 0 bridgehead atoms. The lowest BCUT2D eigenvalue weighted by Crippen LogP contribution is -2.24. The Morgan fingerprint density at radius 3 is 2.48 bits per heavy atom. The molecule has 25 heavy (non-hydrogen) atoms. The quantitative estimate of drug-likeness (QED) is 0.814. The first-order valence-electron chi connectivity index (χ1n) is 7.32. The standard InChI is InChI=1S/C17H17F2NO4S/c1-24-9-12-4-2-3-5-13(12)10-25(22,23)11-17(21)20-16-8-14(18)6-7-15(16)19/h2-8H,9-11H2,1H3,(H,20,21). The number of hydrogen-bond acceptors (Lipinski definition) is 4. The van der Waals surface area contributed by atoms with Crippen molar-refractivity contribution in [1.82, 2.24) is 0 Å². The molecule has 0 saturated heterocycles. The monoisotopic (exact) mass is 369 g/mol. The van der Waals surface area contributed by atoms with Gasteiger partial charge in [0.25, 0.3) is 0 Å². The summed E-state index contributed by atoms with van der Waals surface area (Å²) in [6, 6.07) is 9.34. The number of methoxy groups -OCH3 is 1. The predicted octanol–water partition coefficient (Wildman–Crippen LogP) is 2.66. The number of ether oxygens (including phenoxy) is 1. The molecule has 5 nitrogen and oxygen atoms in total. The first-order valence-corrected chi connectivity index (χ1v) is 9.14. The molecule has 0 unspecified atom stereocenters. The highest BCUT2D eigenvalue weighted by Crippen LogP contribution is 2.17. The second-order valence-corrected chi connectivity index (χ2v) is 7.47. The van der Waals surface area contributed by atoms with Gasteiger partial charge in [-0.1, -0.05) is 24.3 Å². The van der Waals surface area contributed by atoms with Crippen LogP contribution >= 0.6 is 0 Å². The molecular formula is C17H17F2NO4S. The highest BCUT2D eigenvalue weighted by atomic mass is 32.2. The summed E-state index contributed by atoms with van der Waals surface area (Å²) in [5.41, 5.74) is 0.819. The van der Waals surface area contributed by atoms with E-state index in [-0.39, 0.29) is 12.4 Å². The zero-order chi connectivity index (χ0) is 18.4. The molecule has 134 valence electrons. The molecular weight excluding hydrogens is 352 g/mol. The highest BCUT2D eigenvalue weighted by molar-refractivity contribution is 7.91. The summed E-state index contributed by atoms with van der Waals surface area (Å²) in [5.74, 6) is -3.73. The molecule has 2 aromatic carbocycles. The molecule has 2 rings (SSSR count). The van der Waals surface area contributed by atoms with Gasteiger partial charge in [-0.2, -0.15) is 0 Å². The second-order valence-electron chi connectivity index (χ2n) is 5.41. The van der Waals surface area contributed by atoms with Gasteiger partial charge < -0.3 is 10.1 Å².